The first-order chi connectivity index (χ1) is 4.93. The van der Waals surface area contributed by atoms with Crippen LogP contribution in [0.15, 0.2) is 0 Å². The molecule has 1 atom stereocenters. The minimum atomic E-state index is -0.486. The van der Waals surface area contributed by atoms with Crippen molar-refractivity contribution in [1.29, 1.82) is 0 Å². The van der Waals surface area contributed by atoms with Crippen LogP contribution >= 0.6 is 0 Å². The highest BCUT2D eigenvalue weighted by molar-refractivity contribution is 5.74. The van der Waals surface area contributed by atoms with Crippen molar-refractivity contribution in [1.82, 2.24) is 0 Å². The molecule has 4 nitrogen and oxygen atoms in total. The SMILES string of the molecule is COC(=O)[C@H](CO)[N+](C)(C)C. The number of aliphatic hydroxyl groups excluding tert-OH is 1. The smallest absolute Gasteiger partial charge is 0.367 e. The fraction of sp³-hybridized carbons (Fsp3) is 0.857. The Kier molecular flexibility index (Phi) is 3.48. The van der Waals surface area contributed by atoms with Crippen LogP contribution in [0.5, 0.6) is 0 Å². The molecule has 0 heterocycles. The molecular weight excluding hydrogens is 146 g/mol. The molecule has 0 amide bonds. The summed E-state index contributed by atoms with van der Waals surface area (Å²) in [5, 5.41) is 8.85. The molecule has 0 spiro atoms. The van der Waals surface area contributed by atoms with Crippen molar-refractivity contribution in [3.63, 3.8) is 0 Å². The zero-order valence-electron chi connectivity index (χ0n) is 7.50. The number of methoxy groups -OCH3 is 1. The van der Waals surface area contributed by atoms with E-state index in [1.807, 2.05) is 21.1 Å². The molecule has 0 bridgehead atoms. The second-order valence-corrected chi connectivity index (χ2v) is 3.34. The van der Waals surface area contributed by atoms with Gasteiger partial charge in [0.2, 0.25) is 6.04 Å². The van der Waals surface area contributed by atoms with Gasteiger partial charge in [-0.3, -0.25) is 0 Å². The van der Waals surface area contributed by atoms with E-state index in [1.165, 1.54) is 7.11 Å². The van der Waals surface area contributed by atoms with Gasteiger partial charge in [-0.25, -0.2) is 4.79 Å². The normalized spacial score (nSPS) is 14.3. The Labute approximate surface area is 67.0 Å². The summed E-state index contributed by atoms with van der Waals surface area (Å²) in [6.45, 7) is -0.184. The third kappa shape index (κ3) is 2.86. The summed E-state index contributed by atoms with van der Waals surface area (Å²) in [7, 11) is 6.81. The average Bonchev–Trinajstić information content (AvgIpc) is 1.86. The summed E-state index contributed by atoms with van der Waals surface area (Å²) >= 11 is 0. The number of carbonyl (C=O) groups excluding carboxylic acids is 1. The van der Waals surface area contributed by atoms with E-state index in [-0.39, 0.29) is 12.6 Å². The maximum Gasteiger partial charge on any atom is 0.367 e. The predicted octanol–water partition coefficient (Wildman–Crippen LogP) is -0.774. The third-order valence-corrected chi connectivity index (χ3v) is 1.58. The maximum atomic E-state index is 11.0. The highest BCUT2D eigenvalue weighted by Crippen LogP contribution is 2.03. The molecule has 0 fully saturated rings. The molecule has 4 heteroatoms. The Morgan fingerprint density at radius 3 is 2.09 bits per heavy atom. The molecule has 0 unspecified atom stereocenters. The molecule has 0 aromatic rings. The molecule has 11 heavy (non-hydrogen) atoms. The van der Waals surface area contributed by atoms with E-state index in [0.717, 1.165) is 0 Å². The van der Waals surface area contributed by atoms with Gasteiger partial charge >= 0.3 is 5.97 Å². The van der Waals surface area contributed by atoms with Gasteiger partial charge in [0, 0.05) is 0 Å². The second-order valence-electron chi connectivity index (χ2n) is 3.34. The van der Waals surface area contributed by atoms with E-state index >= 15 is 0 Å². The number of rotatable bonds is 3. The van der Waals surface area contributed by atoms with Crippen molar-refractivity contribution in [2.75, 3.05) is 34.9 Å². The van der Waals surface area contributed by atoms with Crippen LogP contribution in [0.1, 0.15) is 0 Å². The van der Waals surface area contributed by atoms with Crippen molar-refractivity contribution < 1.29 is 19.1 Å². The molecule has 0 radical (unpaired) electrons. The van der Waals surface area contributed by atoms with Gasteiger partial charge in [0.15, 0.2) is 0 Å². The number of hydrogen-bond acceptors (Lipinski definition) is 3. The molecule has 0 saturated heterocycles. The highest BCUT2D eigenvalue weighted by Gasteiger charge is 2.31. The van der Waals surface area contributed by atoms with E-state index in [4.69, 9.17) is 5.11 Å². The lowest BCUT2D eigenvalue weighted by Gasteiger charge is -2.30. The van der Waals surface area contributed by atoms with Crippen LogP contribution in [-0.4, -0.2) is 56.5 Å². The minimum Gasteiger partial charge on any atom is -0.465 e. The quantitative estimate of drug-likeness (QED) is 0.438. The van der Waals surface area contributed by atoms with E-state index in [1.54, 1.807) is 0 Å². The highest BCUT2D eigenvalue weighted by atomic mass is 16.5. The van der Waals surface area contributed by atoms with E-state index < -0.39 is 6.04 Å². The number of likely N-dealkylation sites (N-methyl/N-ethyl adjacent to an activating group) is 1. The lowest BCUT2D eigenvalue weighted by atomic mass is 10.2. The minimum absolute atomic E-state index is 0.184. The second kappa shape index (κ2) is 3.69. The molecule has 0 saturated carbocycles. The Bertz CT molecular complexity index is 139. The fourth-order valence-electron chi connectivity index (χ4n) is 0.772. The zero-order chi connectivity index (χ0) is 9.07. The molecule has 0 aliphatic carbocycles. The summed E-state index contributed by atoms with van der Waals surface area (Å²) in [4.78, 5) is 11.0. The summed E-state index contributed by atoms with van der Waals surface area (Å²) in [6, 6.07) is -0.486. The van der Waals surface area contributed by atoms with Crippen LogP contribution in [0.3, 0.4) is 0 Å². The van der Waals surface area contributed by atoms with Crippen LogP contribution in [0.25, 0.3) is 0 Å². The summed E-state index contributed by atoms with van der Waals surface area (Å²) in [5.41, 5.74) is 0. The largest absolute Gasteiger partial charge is 0.465 e. The Morgan fingerprint density at radius 1 is 1.55 bits per heavy atom. The number of quaternary nitrogens is 1. The first-order valence-electron chi connectivity index (χ1n) is 3.43. The van der Waals surface area contributed by atoms with Crippen LogP contribution in [0.4, 0.5) is 0 Å². The standard InChI is InChI=1S/C7H16NO3/c1-8(2,3)6(5-9)7(10)11-4/h6,9H,5H2,1-4H3/q+1/t6-/m0/s1. The van der Waals surface area contributed by atoms with E-state index in [0.29, 0.717) is 4.48 Å². The molecule has 66 valence electrons. The van der Waals surface area contributed by atoms with Crippen molar-refractivity contribution in [2.24, 2.45) is 0 Å². The van der Waals surface area contributed by atoms with Gasteiger partial charge in [0.05, 0.1) is 28.3 Å². The van der Waals surface area contributed by atoms with Gasteiger partial charge in [-0.1, -0.05) is 0 Å². The zero-order valence-corrected chi connectivity index (χ0v) is 7.50. The number of nitrogens with zero attached hydrogens (tertiary/aromatic N) is 1. The summed E-state index contributed by atoms with van der Waals surface area (Å²) in [5.74, 6) is -0.375. The van der Waals surface area contributed by atoms with Crippen LogP contribution < -0.4 is 0 Å². The Balaban J connectivity index is 4.29. The molecular formula is C7H16NO3+. The predicted molar refractivity (Wildman–Crippen MR) is 40.9 cm³/mol. The van der Waals surface area contributed by atoms with Crippen LogP contribution in [0.2, 0.25) is 0 Å². The Hall–Kier alpha value is -0.610. The first kappa shape index (κ1) is 10.4. The fourth-order valence-corrected chi connectivity index (χ4v) is 0.772. The van der Waals surface area contributed by atoms with E-state index in [9.17, 15) is 4.79 Å². The number of ether oxygens (including phenoxy) is 1. The monoisotopic (exact) mass is 162 g/mol. The molecule has 1 N–H and O–H groups in total. The van der Waals surface area contributed by atoms with Gasteiger partial charge in [0.1, 0.15) is 6.61 Å². The van der Waals surface area contributed by atoms with Gasteiger partial charge in [0.25, 0.3) is 0 Å². The van der Waals surface area contributed by atoms with Crippen LogP contribution in [-0.2, 0) is 9.53 Å². The molecule has 0 aliphatic rings. The topological polar surface area (TPSA) is 46.5 Å². The first-order valence-corrected chi connectivity index (χ1v) is 3.43. The number of hydrogen-bond donors (Lipinski definition) is 1. The maximum absolute atomic E-state index is 11.0. The van der Waals surface area contributed by atoms with Gasteiger partial charge in [-0.05, 0) is 0 Å². The van der Waals surface area contributed by atoms with Crippen molar-refractivity contribution in [2.45, 2.75) is 6.04 Å². The van der Waals surface area contributed by atoms with E-state index in [2.05, 4.69) is 4.74 Å². The van der Waals surface area contributed by atoms with Gasteiger partial charge < -0.3 is 14.3 Å². The number of aliphatic hydroxyl groups is 1. The van der Waals surface area contributed by atoms with Crippen molar-refractivity contribution in [3.05, 3.63) is 0 Å². The molecule has 0 aliphatic heterocycles. The molecule has 0 rings (SSSR count). The van der Waals surface area contributed by atoms with Crippen molar-refractivity contribution in [3.8, 4) is 0 Å². The van der Waals surface area contributed by atoms with Crippen molar-refractivity contribution >= 4 is 5.97 Å². The molecule has 0 aromatic heterocycles. The summed E-state index contributed by atoms with van der Waals surface area (Å²) in [6.07, 6.45) is 0. The summed E-state index contributed by atoms with van der Waals surface area (Å²) < 4.78 is 4.89. The van der Waals surface area contributed by atoms with Crippen LogP contribution in [0, 0.1) is 0 Å². The number of esters is 1. The third-order valence-electron chi connectivity index (χ3n) is 1.58. The molecule has 0 aromatic carbocycles. The Morgan fingerprint density at radius 2 is 2.00 bits per heavy atom. The van der Waals surface area contributed by atoms with Gasteiger partial charge in [-0.2, -0.15) is 0 Å². The van der Waals surface area contributed by atoms with Gasteiger partial charge in [-0.15, -0.1) is 0 Å². The average molecular weight is 162 g/mol. The lowest BCUT2D eigenvalue weighted by Crippen LogP contribution is -2.52. The number of carbonyl (C=O) groups is 1. The lowest BCUT2D eigenvalue weighted by molar-refractivity contribution is -0.887.